The first kappa shape index (κ1) is 21.6. The second-order valence-corrected chi connectivity index (χ2v) is 8.78. The number of aryl methyl sites for hydroxylation is 2. The number of carbonyl (C=O) groups excluding carboxylic acids is 2. The molecule has 4 aromatic rings. The summed E-state index contributed by atoms with van der Waals surface area (Å²) in [6.07, 6.45) is 3.68. The van der Waals surface area contributed by atoms with Gasteiger partial charge in [0.05, 0.1) is 11.3 Å². The van der Waals surface area contributed by atoms with E-state index >= 15 is 0 Å². The van der Waals surface area contributed by atoms with Gasteiger partial charge in [0.15, 0.2) is 0 Å². The van der Waals surface area contributed by atoms with Crippen LogP contribution in [0.2, 0.25) is 0 Å². The molecule has 2 amide bonds. The lowest BCUT2D eigenvalue weighted by atomic mass is 10.0. The number of nitrogens with zero attached hydrogens (tertiary/aromatic N) is 2. The van der Waals surface area contributed by atoms with Gasteiger partial charge in [-0.1, -0.05) is 42.0 Å². The Hall–Kier alpha value is -4.19. The lowest BCUT2D eigenvalue weighted by molar-refractivity contribution is -0.117. The van der Waals surface area contributed by atoms with E-state index in [-0.39, 0.29) is 17.7 Å². The van der Waals surface area contributed by atoms with Crippen molar-refractivity contribution in [2.24, 2.45) is 5.92 Å². The van der Waals surface area contributed by atoms with Gasteiger partial charge in [-0.15, -0.1) is 0 Å². The monoisotopic (exact) mass is 450 g/mol. The topological polar surface area (TPSA) is 76.0 Å². The summed E-state index contributed by atoms with van der Waals surface area (Å²) in [6.45, 7) is 4.07. The highest BCUT2D eigenvalue weighted by Crippen LogP contribution is 2.31. The fraction of sp³-hybridized carbons (Fsp3) is 0.179. The van der Waals surface area contributed by atoms with Gasteiger partial charge in [-0.3, -0.25) is 9.59 Å². The van der Waals surface area contributed by atoms with Crippen LogP contribution in [0.15, 0.2) is 79.0 Å². The molecule has 0 bridgehead atoms. The normalized spacial score (nSPS) is 12.9. The van der Waals surface area contributed by atoms with E-state index in [0.29, 0.717) is 16.9 Å². The molecule has 0 saturated heterocycles. The molecule has 0 unspecified atom stereocenters. The molecule has 0 atom stereocenters. The Morgan fingerprint density at radius 1 is 0.882 bits per heavy atom. The van der Waals surface area contributed by atoms with E-state index in [9.17, 15) is 9.59 Å². The van der Waals surface area contributed by atoms with Crippen LogP contribution in [0.4, 0.5) is 11.4 Å². The van der Waals surface area contributed by atoms with Gasteiger partial charge < -0.3 is 10.6 Å². The number of hydrogen-bond acceptors (Lipinski definition) is 3. The molecular formula is C28H26N4O2. The molecule has 0 radical (unpaired) electrons. The smallest absolute Gasteiger partial charge is 0.259 e. The standard InChI is InChI=1S/C28H26N4O2/c1-18-8-15-24(19(2)16-18)26-25(17-32(31-26)23-6-4-3-5-7-23)28(34)30-22-13-11-21(12-14-22)29-27(33)20-9-10-20/h3-8,11-17,20H,9-10H2,1-2H3,(H,29,33)(H,30,34). The summed E-state index contributed by atoms with van der Waals surface area (Å²) in [5, 5.41) is 10.7. The third kappa shape index (κ3) is 4.62. The SMILES string of the molecule is Cc1ccc(-c2nn(-c3ccccc3)cc2C(=O)Nc2ccc(NC(=O)C3CC3)cc2)c(C)c1. The quantitative estimate of drug-likeness (QED) is 0.392. The number of benzene rings is 3. The lowest BCUT2D eigenvalue weighted by Gasteiger charge is -2.09. The summed E-state index contributed by atoms with van der Waals surface area (Å²) in [7, 11) is 0. The Morgan fingerprint density at radius 2 is 1.56 bits per heavy atom. The van der Waals surface area contributed by atoms with Crippen molar-refractivity contribution in [3.8, 4) is 16.9 Å². The first-order chi connectivity index (χ1) is 16.5. The summed E-state index contributed by atoms with van der Waals surface area (Å²) in [4.78, 5) is 25.3. The predicted octanol–water partition coefficient (Wildman–Crippen LogP) is 5.76. The average Bonchev–Trinajstić information content (AvgIpc) is 3.60. The van der Waals surface area contributed by atoms with E-state index < -0.39 is 0 Å². The number of nitrogens with one attached hydrogen (secondary N) is 2. The van der Waals surface area contributed by atoms with Crippen molar-refractivity contribution >= 4 is 23.2 Å². The number of aromatic nitrogens is 2. The molecule has 6 nitrogen and oxygen atoms in total. The van der Waals surface area contributed by atoms with Crippen molar-refractivity contribution in [1.82, 2.24) is 9.78 Å². The molecule has 6 heteroatoms. The first-order valence-corrected chi connectivity index (χ1v) is 11.4. The first-order valence-electron chi connectivity index (χ1n) is 11.4. The highest BCUT2D eigenvalue weighted by atomic mass is 16.2. The van der Waals surface area contributed by atoms with Crippen molar-refractivity contribution < 1.29 is 9.59 Å². The zero-order valence-corrected chi connectivity index (χ0v) is 19.2. The van der Waals surface area contributed by atoms with Gasteiger partial charge in [-0.25, -0.2) is 4.68 Å². The second-order valence-electron chi connectivity index (χ2n) is 8.78. The second kappa shape index (κ2) is 8.98. The maximum atomic E-state index is 13.4. The van der Waals surface area contributed by atoms with Gasteiger partial charge >= 0.3 is 0 Å². The van der Waals surface area contributed by atoms with Crippen molar-refractivity contribution in [1.29, 1.82) is 0 Å². The van der Waals surface area contributed by atoms with E-state index in [1.54, 1.807) is 35.1 Å². The summed E-state index contributed by atoms with van der Waals surface area (Å²) in [6, 6.07) is 23.0. The Morgan fingerprint density at radius 3 is 2.21 bits per heavy atom. The molecule has 0 aliphatic heterocycles. The maximum absolute atomic E-state index is 13.4. The van der Waals surface area contributed by atoms with Crippen LogP contribution in [-0.2, 0) is 4.79 Å². The van der Waals surface area contributed by atoms with Gasteiger partial charge in [0.25, 0.3) is 5.91 Å². The molecule has 1 saturated carbocycles. The molecule has 5 rings (SSSR count). The highest BCUT2D eigenvalue weighted by Gasteiger charge is 2.29. The number of rotatable bonds is 6. The molecule has 1 aliphatic rings. The Labute approximate surface area is 198 Å². The van der Waals surface area contributed by atoms with Crippen LogP contribution in [0.25, 0.3) is 16.9 Å². The fourth-order valence-corrected chi connectivity index (χ4v) is 3.96. The molecule has 170 valence electrons. The fourth-order valence-electron chi connectivity index (χ4n) is 3.96. The predicted molar refractivity (Wildman–Crippen MR) is 134 cm³/mol. The zero-order valence-electron chi connectivity index (χ0n) is 19.2. The molecule has 3 aromatic carbocycles. The molecule has 2 N–H and O–H groups in total. The largest absolute Gasteiger partial charge is 0.326 e. The summed E-state index contributed by atoms with van der Waals surface area (Å²) < 4.78 is 1.74. The summed E-state index contributed by atoms with van der Waals surface area (Å²) in [5.41, 5.74) is 6.50. The number of para-hydroxylation sites is 1. The van der Waals surface area contributed by atoms with Crippen LogP contribution in [0.1, 0.15) is 34.3 Å². The van der Waals surface area contributed by atoms with E-state index in [4.69, 9.17) is 5.10 Å². The molecule has 1 aromatic heterocycles. The Bertz CT molecular complexity index is 1350. The van der Waals surface area contributed by atoms with Crippen molar-refractivity contribution in [3.05, 3.63) is 95.7 Å². The minimum Gasteiger partial charge on any atom is -0.326 e. The molecule has 1 aliphatic carbocycles. The molecule has 34 heavy (non-hydrogen) atoms. The third-order valence-electron chi connectivity index (χ3n) is 5.98. The minimum atomic E-state index is -0.244. The van der Waals surface area contributed by atoms with E-state index in [2.05, 4.69) is 16.7 Å². The number of hydrogen-bond donors (Lipinski definition) is 2. The highest BCUT2D eigenvalue weighted by molar-refractivity contribution is 6.08. The van der Waals surface area contributed by atoms with E-state index in [0.717, 1.165) is 40.9 Å². The zero-order chi connectivity index (χ0) is 23.7. The third-order valence-corrected chi connectivity index (χ3v) is 5.98. The minimum absolute atomic E-state index is 0.0585. The molecular weight excluding hydrogens is 424 g/mol. The van der Waals surface area contributed by atoms with Crippen LogP contribution in [0.5, 0.6) is 0 Å². The maximum Gasteiger partial charge on any atom is 0.259 e. The van der Waals surface area contributed by atoms with Crippen LogP contribution in [-0.4, -0.2) is 21.6 Å². The van der Waals surface area contributed by atoms with Gasteiger partial charge in [0.2, 0.25) is 5.91 Å². The number of anilines is 2. The van der Waals surface area contributed by atoms with Crippen molar-refractivity contribution in [2.75, 3.05) is 10.6 Å². The van der Waals surface area contributed by atoms with Crippen LogP contribution < -0.4 is 10.6 Å². The van der Waals surface area contributed by atoms with Gasteiger partial charge in [0.1, 0.15) is 5.69 Å². The average molecular weight is 451 g/mol. The lowest BCUT2D eigenvalue weighted by Crippen LogP contribution is -2.14. The van der Waals surface area contributed by atoms with Gasteiger partial charge in [-0.2, -0.15) is 5.10 Å². The van der Waals surface area contributed by atoms with Gasteiger partial charge in [-0.05, 0) is 68.7 Å². The Kier molecular flexibility index (Phi) is 5.72. The molecule has 0 spiro atoms. The summed E-state index contributed by atoms with van der Waals surface area (Å²) in [5.74, 6) is -0.0423. The van der Waals surface area contributed by atoms with E-state index in [1.807, 2.05) is 56.3 Å². The van der Waals surface area contributed by atoms with Crippen molar-refractivity contribution in [3.63, 3.8) is 0 Å². The molecule has 1 heterocycles. The van der Waals surface area contributed by atoms with Crippen LogP contribution >= 0.6 is 0 Å². The number of carbonyl (C=O) groups is 2. The summed E-state index contributed by atoms with van der Waals surface area (Å²) >= 11 is 0. The van der Waals surface area contributed by atoms with E-state index in [1.165, 1.54) is 0 Å². The van der Waals surface area contributed by atoms with Crippen LogP contribution in [0, 0.1) is 19.8 Å². The van der Waals surface area contributed by atoms with Crippen LogP contribution in [0.3, 0.4) is 0 Å². The molecule has 1 fully saturated rings. The number of amides is 2. The Balaban J connectivity index is 1.43. The van der Waals surface area contributed by atoms with Gasteiger partial charge in [0, 0.05) is 29.1 Å². The van der Waals surface area contributed by atoms with Crippen molar-refractivity contribution in [2.45, 2.75) is 26.7 Å².